The Kier molecular flexibility index (Phi) is 13.3. The minimum absolute atomic E-state index is 0.0105. The molecular weight excluding hydrogens is 666 g/mol. The van der Waals surface area contributed by atoms with Crippen LogP contribution in [-0.2, 0) is 14.8 Å². The molecule has 0 bridgehead atoms. The Labute approximate surface area is 294 Å². The number of carbonyl (C=O) groups excluding carboxylic acids is 2. The lowest BCUT2D eigenvalue weighted by Gasteiger charge is -2.35. The molecule has 1 aliphatic heterocycles. The summed E-state index contributed by atoms with van der Waals surface area (Å²) in [5.74, 6) is 0.412. The molecule has 1 aliphatic rings. The van der Waals surface area contributed by atoms with Crippen LogP contribution in [-0.4, -0.2) is 98.5 Å². The summed E-state index contributed by atoms with van der Waals surface area (Å²) >= 11 is 0. The van der Waals surface area contributed by atoms with Crippen LogP contribution in [0.3, 0.4) is 0 Å². The van der Waals surface area contributed by atoms with E-state index in [0.717, 1.165) is 6.42 Å². The maximum absolute atomic E-state index is 14.4. The van der Waals surface area contributed by atoms with Crippen molar-refractivity contribution in [1.29, 1.82) is 0 Å². The molecule has 0 unspecified atom stereocenters. The van der Waals surface area contributed by atoms with Gasteiger partial charge >= 0.3 is 6.03 Å². The van der Waals surface area contributed by atoms with Crippen LogP contribution in [0.1, 0.15) is 61.8 Å². The first-order chi connectivity index (χ1) is 23.7. The van der Waals surface area contributed by atoms with E-state index in [9.17, 15) is 23.1 Å². The third kappa shape index (κ3) is 9.53. The highest BCUT2D eigenvalue weighted by atomic mass is 32.2. The minimum atomic E-state index is -3.96. The highest BCUT2D eigenvalue weighted by Crippen LogP contribution is 2.29. The normalized spacial score (nSPS) is 20.0. The van der Waals surface area contributed by atoms with Crippen LogP contribution >= 0.6 is 0 Å². The number of aryl methyl sites for hydroxylation is 2. The molecular formula is C35H49N5O9S. The number of amides is 3. The molecule has 0 fully saturated rings. The zero-order chi connectivity index (χ0) is 36.6. The number of fused-ring (bicyclic) bond motifs is 1. The fourth-order valence-electron chi connectivity index (χ4n) is 5.78. The third-order valence-corrected chi connectivity index (χ3v) is 10.8. The summed E-state index contributed by atoms with van der Waals surface area (Å²) in [5, 5.41) is 19.6. The Morgan fingerprint density at radius 3 is 2.44 bits per heavy atom. The number of aliphatic hydroxyl groups is 1. The topological polar surface area (TPSA) is 173 Å². The maximum atomic E-state index is 14.4. The number of carbonyl (C=O) groups is 2. The van der Waals surface area contributed by atoms with E-state index in [1.54, 1.807) is 70.3 Å². The number of nitrogens with zero attached hydrogens (tertiary/aromatic N) is 3. The van der Waals surface area contributed by atoms with Crippen molar-refractivity contribution in [3.05, 3.63) is 59.5 Å². The molecule has 50 heavy (non-hydrogen) atoms. The lowest BCUT2D eigenvalue weighted by atomic mass is 10.0. The molecule has 0 saturated heterocycles. The Bertz CT molecular complexity index is 1690. The summed E-state index contributed by atoms with van der Waals surface area (Å²) in [6.07, 6.45) is 1.33. The molecule has 1 aromatic heterocycles. The maximum Gasteiger partial charge on any atom is 0.323 e. The van der Waals surface area contributed by atoms with Gasteiger partial charge in [-0.05, 0) is 89.4 Å². The van der Waals surface area contributed by atoms with Crippen molar-refractivity contribution in [2.45, 2.75) is 77.0 Å². The van der Waals surface area contributed by atoms with Gasteiger partial charge in [-0.2, -0.15) is 4.31 Å². The summed E-state index contributed by atoms with van der Waals surface area (Å²) in [6, 6.07) is 10.6. The number of urea groups is 1. The van der Waals surface area contributed by atoms with Crippen molar-refractivity contribution in [3.63, 3.8) is 0 Å². The number of rotatable bonds is 9. The average Bonchev–Trinajstić information content (AvgIpc) is 3.44. The summed E-state index contributed by atoms with van der Waals surface area (Å²) in [6.45, 7) is 8.87. The monoisotopic (exact) mass is 715 g/mol. The number of aromatic nitrogens is 1. The highest BCUT2D eigenvalue weighted by molar-refractivity contribution is 7.89. The van der Waals surface area contributed by atoms with Crippen LogP contribution in [0.25, 0.3) is 0 Å². The van der Waals surface area contributed by atoms with Gasteiger partial charge in [0, 0.05) is 44.0 Å². The number of nitrogens with one attached hydrogen (secondary N) is 2. The van der Waals surface area contributed by atoms with E-state index in [0.29, 0.717) is 42.3 Å². The number of ether oxygens (including phenoxy) is 3. The van der Waals surface area contributed by atoms with Crippen LogP contribution in [0.5, 0.6) is 11.5 Å². The number of hydrogen-bond acceptors (Lipinski definition) is 10. The molecule has 14 nitrogen and oxygen atoms in total. The van der Waals surface area contributed by atoms with Crippen LogP contribution in [0, 0.1) is 19.8 Å². The number of aliphatic hydroxyl groups excluding tert-OH is 1. The predicted octanol–water partition coefficient (Wildman–Crippen LogP) is 5.06. The lowest BCUT2D eigenvalue weighted by Crippen LogP contribution is -2.48. The van der Waals surface area contributed by atoms with Gasteiger partial charge in [-0.25, -0.2) is 13.2 Å². The average molecular weight is 716 g/mol. The fourth-order valence-corrected chi connectivity index (χ4v) is 7.25. The van der Waals surface area contributed by atoms with Crippen molar-refractivity contribution in [2.24, 2.45) is 5.92 Å². The third-order valence-electron chi connectivity index (χ3n) is 8.73. The SMILES string of the molecule is COc1ccc(NC(=O)Nc2ccc3c(c2)C(=O)N([C@H](C)CO)C[C@@H](C)[C@H](CN(C)S(=O)(=O)c2c(C)noc2C)OCCCC[C@H](C)O3)cc1. The van der Waals surface area contributed by atoms with Gasteiger partial charge in [0.2, 0.25) is 10.0 Å². The Balaban J connectivity index is 1.62. The van der Waals surface area contributed by atoms with Crippen molar-refractivity contribution in [3.8, 4) is 11.5 Å². The van der Waals surface area contributed by atoms with Crippen molar-refractivity contribution in [1.82, 2.24) is 14.4 Å². The van der Waals surface area contributed by atoms with E-state index in [1.807, 2.05) is 13.8 Å². The van der Waals surface area contributed by atoms with Crippen molar-refractivity contribution < 1.29 is 41.8 Å². The van der Waals surface area contributed by atoms with Crippen LogP contribution < -0.4 is 20.1 Å². The van der Waals surface area contributed by atoms with Gasteiger partial charge in [-0.3, -0.25) is 4.79 Å². The largest absolute Gasteiger partial charge is 0.497 e. The lowest BCUT2D eigenvalue weighted by molar-refractivity contribution is -0.00835. The molecule has 274 valence electrons. The van der Waals surface area contributed by atoms with Gasteiger partial charge < -0.3 is 39.4 Å². The number of methoxy groups -OCH3 is 1. The number of likely N-dealkylation sites (N-methyl/N-ethyl adjacent to an activating group) is 1. The van der Waals surface area contributed by atoms with E-state index >= 15 is 0 Å². The zero-order valence-electron chi connectivity index (χ0n) is 29.8. The van der Waals surface area contributed by atoms with Gasteiger partial charge in [-0.1, -0.05) is 12.1 Å². The van der Waals surface area contributed by atoms with E-state index in [2.05, 4.69) is 15.8 Å². The summed E-state index contributed by atoms with van der Waals surface area (Å²) in [7, 11) is -0.917. The molecule has 3 N–H and O–H groups in total. The number of sulfonamides is 1. The Hall–Kier alpha value is -4.18. The predicted molar refractivity (Wildman–Crippen MR) is 188 cm³/mol. The van der Waals surface area contributed by atoms with Gasteiger partial charge in [0.1, 0.15) is 22.1 Å². The molecule has 15 heteroatoms. The first kappa shape index (κ1) is 38.6. The number of benzene rings is 2. The van der Waals surface area contributed by atoms with E-state index in [4.69, 9.17) is 18.7 Å². The molecule has 2 heterocycles. The first-order valence-electron chi connectivity index (χ1n) is 16.7. The standard InChI is InChI=1S/C35H49N5O9S/c1-22-19-40(23(2)21-41)34(42)30-18-28(37-35(43)36-27-11-14-29(46-7)15-12-27)13-16-31(30)48-24(3)10-8-9-17-47-32(22)20-39(6)50(44,45)33-25(4)38-49-26(33)5/h11-16,18,22-24,32,41H,8-10,17,19-21H2,1-7H3,(H2,36,37,43)/t22-,23-,24+,32+/m1/s1. The van der Waals surface area contributed by atoms with Gasteiger partial charge in [0.25, 0.3) is 5.91 Å². The second-order valence-corrected chi connectivity index (χ2v) is 14.7. The van der Waals surface area contributed by atoms with E-state index < -0.39 is 34.1 Å². The highest BCUT2D eigenvalue weighted by Gasteiger charge is 2.34. The van der Waals surface area contributed by atoms with Gasteiger partial charge in [-0.15, -0.1) is 0 Å². The second kappa shape index (κ2) is 17.2. The van der Waals surface area contributed by atoms with Crippen LogP contribution in [0.15, 0.2) is 51.9 Å². The smallest absolute Gasteiger partial charge is 0.323 e. The summed E-state index contributed by atoms with van der Waals surface area (Å²) in [5.41, 5.74) is 1.38. The zero-order valence-corrected chi connectivity index (χ0v) is 30.6. The van der Waals surface area contributed by atoms with Crippen molar-refractivity contribution in [2.75, 3.05) is 51.1 Å². The summed E-state index contributed by atoms with van der Waals surface area (Å²) in [4.78, 5) is 28.9. The Morgan fingerprint density at radius 1 is 1.12 bits per heavy atom. The van der Waals surface area contributed by atoms with Gasteiger partial charge in [0.05, 0.1) is 37.5 Å². The molecule has 4 atom stereocenters. The van der Waals surface area contributed by atoms with Gasteiger partial charge in [0.15, 0.2) is 5.76 Å². The minimum Gasteiger partial charge on any atom is -0.497 e. The molecule has 0 aliphatic carbocycles. The van der Waals surface area contributed by atoms with E-state index in [1.165, 1.54) is 16.3 Å². The molecule has 2 aromatic carbocycles. The number of anilines is 2. The molecule has 0 saturated carbocycles. The van der Waals surface area contributed by atoms with Crippen LogP contribution in [0.4, 0.5) is 16.2 Å². The van der Waals surface area contributed by atoms with Crippen LogP contribution in [0.2, 0.25) is 0 Å². The second-order valence-electron chi connectivity index (χ2n) is 12.8. The molecule has 4 rings (SSSR count). The first-order valence-corrected chi connectivity index (χ1v) is 18.1. The van der Waals surface area contributed by atoms with E-state index in [-0.39, 0.29) is 53.6 Å². The number of hydrogen-bond donors (Lipinski definition) is 3. The van der Waals surface area contributed by atoms with Crippen molar-refractivity contribution >= 4 is 33.3 Å². The summed E-state index contributed by atoms with van der Waals surface area (Å²) < 4.78 is 51.3. The quantitative estimate of drug-likeness (QED) is 0.272. The Morgan fingerprint density at radius 2 is 1.80 bits per heavy atom. The molecule has 3 amide bonds. The molecule has 3 aromatic rings. The molecule has 0 radical (unpaired) electrons. The molecule has 0 spiro atoms. The fraction of sp³-hybridized carbons (Fsp3) is 0.514.